The average Bonchev–Trinajstić information content (AvgIpc) is 2.30. The summed E-state index contributed by atoms with van der Waals surface area (Å²) in [6.07, 6.45) is 0.667. The minimum atomic E-state index is -0.221. The van der Waals surface area contributed by atoms with Crippen LogP contribution in [0.1, 0.15) is 36.5 Å². The fourth-order valence-electron chi connectivity index (χ4n) is 1.85. The molecule has 0 aliphatic heterocycles. The van der Waals surface area contributed by atoms with Crippen LogP contribution in [0.15, 0.2) is 24.3 Å². The first-order chi connectivity index (χ1) is 5.29. The van der Waals surface area contributed by atoms with E-state index in [2.05, 4.69) is 13.0 Å². The van der Waals surface area contributed by atoms with Crippen molar-refractivity contribution >= 4 is 0 Å². The maximum atomic E-state index is 9.55. The molecule has 0 fully saturated rings. The summed E-state index contributed by atoms with van der Waals surface area (Å²) < 4.78 is 0. The van der Waals surface area contributed by atoms with Crippen LogP contribution in [0.5, 0.6) is 0 Å². The molecule has 11 heavy (non-hydrogen) atoms. The Morgan fingerprint density at radius 1 is 1.27 bits per heavy atom. The van der Waals surface area contributed by atoms with Crippen LogP contribution in [0, 0.1) is 0 Å². The zero-order chi connectivity index (χ0) is 7.84. The predicted octanol–water partition coefficient (Wildman–Crippen LogP) is 2.23. The van der Waals surface area contributed by atoms with Crippen LogP contribution in [-0.4, -0.2) is 5.11 Å². The Morgan fingerprint density at radius 3 is 2.55 bits per heavy atom. The molecule has 2 atom stereocenters. The first-order valence-corrected chi connectivity index (χ1v) is 4.06. The van der Waals surface area contributed by atoms with Gasteiger partial charge in [-0.05, 0) is 23.5 Å². The Morgan fingerprint density at radius 2 is 1.91 bits per heavy atom. The molecule has 1 N–H and O–H groups in total. The van der Waals surface area contributed by atoms with E-state index in [4.69, 9.17) is 0 Å². The van der Waals surface area contributed by atoms with E-state index in [0.717, 1.165) is 12.0 Å². The van der Waals surface area contributed by atoms with Crippen molar-refractivity contribution in [1.82, 2.24) is 0 Å². The van der Waals surface area contributed by atoms with Crippen molar-refractivity contribution < 1.29 is 5.11 Å². The summed E-state index contributed by atoms with van der Waals surface area (Å²) in [7, 11) is 0. The molecule has 0 unspecified atom stereocenters. The molecule has 1 aliphatic carbocycles. The van der Waals surface area contributed by atoms with Gasteiger partial charge in [0.1, 0.15) is 0 Å². The second-order valence-electron chi connectivity index (χ2n) is 3.28. The van der Waals surface area contributed by atoms with Gasteiger partial charge in [0.15, 0.2) is 0 Å². The van der Waals surface area contributed by atoms with Gasteiger partial charge < -0.3 is 5.11 Å². The lowest BCUT2D eigenvalue weighted by molar-refractivity contribution is 0.174. The van der Waals surface area contributed by atoms with Crippen molar-refractivity contribution in [3.05, 3.63) is 35.4 Å². The average molecular weight is 148 g/mol. The lowest BCUT2D eigenvalue weighted by Gasteiger charge is -2.01. The van der Waals surface area contributed by atoms with Gasteiger partial charge in [0.25, 0.3) is 0 Å². The molecule has 0 saturated carbocycles. The number of benzene rings is 1. The van der Waals surface area contributed by atoms with Crippen molar-refractivity contribution in [2.45, 2.75) is 25.4 Å². The van der Waals surface area contributed by atoms with E-state index in [-0.39, 0.29) is 6.10 Å². The lowest BCUT2D eigenvalue weighted by Crippen LogP contribution is -1.88. The number of hydrogen-bond donors (Lipinski definition) is 1. The van der Waals surface area contributed by atoms with Crippen LogP contribution >= 0.6 is 0 Å². The summed E-state index contributed by atoms with van der Waals surface area (Å²) in [6.45, 7) is 2.16. The quantitative estimate of drug-likeness (QED) is 0.598. The van der Waals surface area contributed by atoms with Crippen molar-refractivity contribution in [2.75, 3.05) is 0 Å². The molecule has 0 radical (unpaired) electrons. The van der Waals surface area contributed by atoms with Crippen LogP contribution < -0.4 is 0 Å². The summed E-state index contributed by atoms with van der Waals surface area (Å²) in [4.78, 5) is 0. The third-order valence-electron chi connectivity index (χ3n) is 2.46. The maximum absolute atomic E-state index is 9.55. The molecule has 1 nitrogen and oxygen atoms in total. The summed E-state index contributed by atoms with van der Waals surface area (Å²) in [5, 5.41) is 9.55. The number of aliphatic hydroxyl groups excluding tert-OH is 1. The topological polar surface area (TPSA) is 20.2 Å². The predicted molar refractivity (Wildman–Crippen MR) is 44.4 cm³/mol. The van der Waals surface area contributed by atoms with Gasteiger partial charge in [-0.1, -0.05) is 31.2 Å². The number of fused-ring (bicyclic) bond motifs is 1. The van der Waals surface area contributed by atoms with E-state index < -0.39 is 0 Å². The second-order valence-corrected chi connectivity index (χ2v) is 3.28. The van der Waals surface area contributed by atoms with Crippen LogP contribution in [0.2, 0.25) is 0 Å². The lowest BCUT2D eigenvalue weighted by atomic mass is 10.0. The third kappa shape index (κ3) is 0.962. The molecule has 0 amide bonds. The van der Waals surface area contributed by atoms with E-state index in [1.807, 2.05) is 18.2 Å². The Balaban J connectivity index is 2.52. The molecule has 0 heterocycles. The first kappa shape index (κ1) is 6.86. The van der Waals surface area contributed by atoms with Gasteiger partial charge in [-0.25, -0.2) is 0 Å². The third-order valence-corrected chi connectivity index (χ3v) is 2.46. The van der Waals surface area contributed by atoms with E-state index in [1.54, 1.807) is 0 Å². The Bertz CT molecular complexity index is 240. The summed E-state index contributed by atoms with van der Waals surface area (Å²) in [5.74, 6) is 0.529. The minimum Gasteiger partial charge on any atom is -0.388 e. The Hall–Kier alpha value is -0.820. The van der Waals surface area contributed by atoms with Crippen LogP contribution in [0.4, 0.5) is 0 Å². The van der Waals surface area contributed by atoms with E-state index in [9.17, 15) is 5.11 Å². The van der Waals surface area contributed by atoms with Gasteiger partial charge in [0.2, 0.25) is 0 Å². The molecule has 1 heteroatoms. The number of hydrogen-bond acceptors (Lipinski definition) is 1. The van der Waals surface area contributed by atoms with E-state index in [1.165, 1.54) is 5.56 Å². The molecule has 0 spiro atoms. The molecule has 1 aliphatic rings. The van der Waals surface area contributed by atoms with Crippen molar-refractivity contribution in [3.63, 3.8) is 0 Å². The van der Waals surface area contributed by atoms with Gasteiger partial charge in [-0.15, -0.1) is 0 Å². The highest BCUT2D eigenvalue weighted by Crippen LogP contribution is 2.39. The van der Waals surface area contributed by atoms with Gasteiger partial charge in [-0.3, -0.25) is 0 Å². The summed E-state index contributed by atoms with van der Waals surface area (Å²) >= 11 is 0. The van der Waals surface area contributed by atoms with Gasteiger partial charge in [-0.2, -0.15) is 0 Å². The zero-order valence-corrected chi connectivity index (χ0v) is 6.62. The smallest absolute Gasteiger partial charge is 0.0798 e. The SMILES string of the molecule is C[C@H]1C[C@@H](O)c2ccccc21. The highest BCUT2D eigenvalue weighted by Gasteiger charge is 2.25. The molecule has 0 aromatic heterocycles. The highest BCUT2D eigenvalue weighted by molar-refractivity contribution is 5.36. The zero-order valence-electron chi connectivity index (χ0n) is 6.62. The van der Waals surface area contributed by atoms with Crippen LogP contribution in [0.25, 0.3) is 0 Å². The summed E-state index contributed by atoms with van der Waals surface area (Å²) in [5.41, 5.74) is 2.44. The van der Waals surface area contributed by atoms with Crippen molar-refractivity contribution in [1.29, 1.82) is 0 Å². The molecule has 1 aromatic carbocycles. The largest absolute Gasteiger partial charge is 0.388 e. The maximum Gasteiger partial charge on any atom is 0.0798 e. The number of aliphatic hydroxyl groups is 1. The standard InChI is InChI=1S/C10H12O/c1-7-6-10(11)9-5-3-2-4-8(7)9/h2-5,7,10-11H,6H2,1H3/t7-,10+/m0/s1. The molecular weight excluding hydrogens is 136 g/mol. The molecule has 58 valence electrons. The van der Waals surface area contributed by atoms with Crippen molar-refractivity contribution in [2.24, 2.45) is 0 Å². The Labute approximate surface area is 66.7 Å². The van der Waals surface area contributed by atoms with Gasteiger partial charge >= 0.3 is 0 Å². The monoisotopic (exact) mass is 148 g/mol. The Kier molecular flexibility index (Phi) is 1.46. The van der Waals surface area contributed by atoms with E-state index >= 15 is 0 Å². The van der Waals surface area contributed by atoms with E-state index in [0.29, 0.717) is 5.92 Å². The van der Waals surface area contributed by atoms with Gasteiger partial charge in [0, 0.05) is 0 Å². The fourth-order valence-corrected chi connectivity index (χ4v) is 1.85. The van der Waals surface area contributed by atoms with Crippen LogP contribution in [0.3, 0.4) is 0 Å². The first-order valence-electron chi connectivity index (χ1n) is 4.06. The van der Waals surface area contributed by atoms with Gasteiger partial charge in [0.05, 0.1) is 6.10 Å². The highest BCUT2D eigenvalue weighted by atomic mass is 16.3. The minimum absolute atomic E-state index is 0.221. The number of rotatable bonds is 0. The molecular formula is C10H12O. The molecule has 2 rings (SSSR count). The second kappa shape index (κ2) is 2.35. The van der Waals surface area contributed by atoms with Crippen molar-refractivity contribution in [3.8, 4) is 0 Å². The van der Waals surface area contributed by atoms with Crippen LogP contribution in [-0.2, 0) is 0 Å². The summed E-state index contributed by atoms with van der Waals surface area (Å²) in [6, 6.07) is 8.15. The molecule has 0 saturated heterocycles. The fraction of sp³-hybridized carbons (Fsp3) is 0.400. The normalized spacial score (nSPS) is 28.5. The molecule has 1 aromatic rings. The molecule has 0 bridgehead atoms.